The summed E-state index contributed by atoms with van der Waals surface area (Å²) >= 11 is 0. The molecule has 2 aliphatic rings. The van der Waals surface area contributed by atoms with Gasteiger partial charge >= 0.3 is 5.97 Å². The third-order valence-corrected chi connectivity index (χ3v) is 5.66. The fraction of sp³-hybridized carbons (Fsp3) is 0.192. The maximum Gasteiger partial charge on any atom is 0.339 e. The third-order valence-electron chi connectivity index (χ3n) is 5.66. The van der Waals surface area contributed by atoms with Crippen molar-refractivity contribution < 1.29 is 23.8 Å². The number of ether oxygens (including phenoxy) is 3. The zero-order chi connectivity index (χ0) is 22.8. The number of rotatable bonds is 6. The Hall–Kier alpha value is -4.13. The van der Waals surface area contributed by atoms with Crippen LogP contribution in [0.25, 0.3) is 22.6 Å². The van der Waals surface area contributed by atoms with Crippen molar-refractivity contribution in [1.29, 1.82) is 0 Å². The lowest BCUT2D eigenvalue weighted by Crippen LogP contribution is -2.29. The van der Waals surface area contributed by atoms with Gasteiger partial charge in [-0.3, -0.25) is 4.79 Å². The first kappa shape index (κ1) is 20.8. The fourth-order valence-corrected chi connectivity index (χ4v) is 4.16. The Morgan fingerprint density at radius 3 is 2.85 bits per heavy atom. The Labute approximate surface area is 190 Å². The maximum atomic E-state index is 13.1. The second kappa shape index (κ2) is 8.78. The molecule has 0 fully saturated rings. The molecule has 0 unspecified atom stereocenters. The average molecular weight is 442 g/mol. The van der Waals surface area contributed by atoms with E-state index in [9.17, 15) is 9.59 Å². The highest BCUT2D eigenvalue weighted by Gasteiger charge is 2.28. The van der Waals surface area contributed by atoms with Gasteiger partial charge in [0, 0.05) is 11.9 Å². The predicted octanol–water partition coefficient (Wildman–Crippen LogP) is 3.91. The van der Waals surface area contributed by atoms with E-state index in [2.05, 4.69) is 18.0 Å². The van der Waals surface area contributed by atoms with E-state index in [-0.39, 0.29) is 19.3 Å². The fourth-order valence-electron chi connectivity index (χ4n) is 4.16. The van der Waals surface area contributed by atoms with Gasteiger partial charge in [0.05, 0.1) is 16.8 Å². The summed E-state index contributed by atoms with van der Waals surface area (Å²) in [5.74, 6) is 0.549. The summed E-state index contributed by atoms with van der Waals surface area (Å²) in [5.41, 5.74) is 4.82. The Kier molecular flexibility index (Phi) is 5.52. The lowest BCUT2D eigenvalue weighted by atomic mass is 10.0. The number of nitrogens with zero attached hydrogens (tertiary/aromatic N) is 1. The molecule has 1 aromatic heterocycles. The third kappa shape index (κ3) is 4.05. The van der Waals surface area contributed by atoms with Crippen LogP contribution in [0.1, 0.15) is 33.6 Å². The molecule has 0 bridgehead atoms. The molecule has 166 valence electrons. The van der Waals surface area contributed by atoms with Gasteiger partial charge in [0.25, 0.3) is 5.91 Å². The van der Waals surface area contributed by atoms with Gasteiger partial charge in [0.15, 0.2) is 18.1 Å². The van der Waals surface area contributed by atoms with Crippen LogP contribution in [0.15, 0.2) is 55.1 Å². The molecule has 1 aliphatic carbocycles. The van der Waals surface area contributed by atoms with Crippen LogP contribution >= 0.6 is 0 Å². The zero-order valence-electron chi connectivity index (χ0n) is 17.9. The number of aromatic nitrogens is 1. The van der Waals surface area contributed by atoms with Crippen LogP contribution in [0, 0.1) is 0 Å². The van der Waals surface area contributed by atoms with E-state index in [4.69, 9.17) is 19.2 Å². The first-order chi connectivity index (χ1) is 16.1. The van der Waals surface area contributed by atoms with E-state index in [1.54, 1.807) is 6.08 Å². The Morgan fingerprint density at radius 1 is 1.12 bits per heavy atom. The second-order valence-electron chi connectivity index (χ2n) is 7.78. The van der Waals surface area contributed by atoms with Crippen molar-refractivity contribution in [2.75, 3.05) is 19.9 Å². The predicted molar refractivity (Wildman–Crippen MR) is 124 cm³/mol. The normalized spacial score (nSPS) is 14.8. The topological polar surface area (TPSA) is 86.8 Å². The van der Waals surface area contributed by atoms with Gasteiger partial charge in [-0.25, -0.2) is 9.78 Å². The Balaban J connectivity index is 1.50. The number of esters is 1. The minimum absolute atomic E-state index is 0.225. The number of allylic oxidation sites excluding steroid dienone is 1. The van der Waals surface area contributed by atoms with Gasteiger partial charge in [-0.15, -0.1) is 6.58 Å². The number of hydrogen-bond donors (Lipinski definition) is 1. The van der Waals surface area contributed by atoms with E-state index >= 15 is 0 Å². The maximum absolute atomic E-state index is 13.1. The van der Waals surface area contributed by atoms with Crippen molar-refractivity contribution in [3.63, 3.8) is 0 Å². The number of nitrogens with one attached hydrogen (secondary N) is 1. The molecule has 2 heterocycles. The molecule has 0 saturated heterocycles. The van der Waals surface area contributed by atoms with Crippen molar-refractivity contribution in [2.45, 2.75) is 12.8 Å². The summed E-state index contributed by atoms with van der Waals surface area (Å²) in [6.45, 7) is 3.75. The van der Waals surface area contributed by atoms with Crippen LogP contribution in [0.4, 0.5) is 0 Å². The van der Waals surface area contributed by atoms with Crippen molar-refractivity contribution in [3.8, 4) is 11.5 Å². The zero-order valence-corrected chi connectivity index (χ0v) is 17.9. The molecule has 1 amide bonds. The molecule has 7 heteroatoms. The number of carbonyl (C=O) groups is 2. The monoisotopic (exact) mass is 442 g/mol. The number of fused-ring (bicyclic) bond motifs is 3. The summed E-state index contributed by atoms with van der Waals surface area (Å²) in [7, 11) is 0. The summed E-state index contributed by atoms with van der Waals surface area (Å²) < 4.78 is 16.2. The average Bonchev–Trinajstić information content (AvgIpc) is 3.46. The van der Waals surface area contributed by atoms with Crippen LogP contribution in [0.2, 0.25) is 0 Å². The first-order valence-electron chi connectivity index (χ1n) is 10.7. The molecule has 2 aromatic carbocycles. The molecule has 1 aliphatic heterocycles. The van der Waals surface area contributed by atoms with Gasteiger partial charge in [0.1, 0.15) is 0 Å². The lowest BCUT2D eigenvalue weighted by molar-refractivity contribution is -0.124. The minimum atomic E-state index is -0.525. The number of hydrogen-bond acceptors (Lipinski definition) is 6. The smallest absolute Gasteiger partial charge is 0.339 e. The molecule has 7 nitrogen and oxygen atoms in total. The molecule has 33 heavy (non-hydrogen) atoms. The summed E-state index contributed by atoms with van der Waals surface area (Å²) in [4.78, 5) is 29.8. The van der Waals surface area contributed by atoms with Crippen LogP contribution < -0.4 is 14.8 Å². The minimum Gasteiger partial charge on any atom is -0.454 e. The molecule has 0 radical (unpaired) electrons. The second-order valence-corrected chi connectivity index (χ2v) is 7.78. The number of carbonyl (C=O) groups excluding carboxylic acids is 2. The van der Waals surface area contributed by atoms with Crippen molar-refractivity contribution in [3.05, 3.63) is 77.5 Å². The summed E-state index contributed by atoms with van der Waals surface area (Å²) in [5, 5.41) is 3.33. The van der Waals surface area contributed by atoms with Crippen LogP contribution in [-0.4, -0.2) is 36.8 Å². The lowest BCUT2D eigenvalue weighted by Gasteiger charge is -2.12. The highest BCUT2D eigenvalue weighted by Crippen LogP contribution is 2.39. The van der Waals surface area contributed by atoms with E-state index in [1.165, 1.54) is 0 Å². The van der Waals surface area contributed by atoms with Crippen molar-refractivity contribution in [1.82, 2.24) is 10.3 Å². The molecule has 0 atom stereocenters. The molecule has 3 aromatic rings. The molecule has 0 spiro atoms. The molecule has 1 N–H and O–H groups in total. The molecule has 0 saturated carbocycles. The van der Waals surface area contributed by atoms with Gasteiger partial charge in [-0.1, -0.05) is 30.3 Å². The highest BCUT2D eigenvalue weighted by molar-refractivity contribution is 6.07. The summed E-state index contributed by atoms with van der Waals surface area (Å²) in [6.07, 6.45) is 5.04. The van der Waals surface area contributed by atoms with Gasteiger partial charge < -0.3 is 19.5 Å². The van der Waals surface area contributed by atoms with Gasteiger partial charge in [-0.2, -0.15) is 0 Å². The van der Waals surface area contributed by atoms with Crippen molar-refractivity contribution >= 4 is 34.4 Å². The van der Waals surface area contributed by atoms with E-state index in [0.29, 0.717) is 29.8 Å². The number of para-hydroxylation sites is 1. The molecule has 5 rings (SSSR count). The highest BCUT2D eigenvalue weighted by atomic mass is 16.7. The van der Waals surface area contributed by atoms with E-state index in [1.807, 2.05) is 42.5 Å². The summed E-state index contributed by atoms with van der Waals surface area (Å²) in [6, 6.07) is 13.3. The van der Waals surface area contributed by atoms with E-state index < -0.39 is 5.97 Å². The van der Waals surface area contributed by atoms with Gasteiger partial charge in [-0.05, 0) is 53.8 Å². The first-order valence-corrected chi connectivity index (χ1v) is 10.7. The van der Waals surface area contributed by atoms with Crippen LogP contribution in [0.5, 0.6) is 11.5 Å². The largest absolute Gasteiger partial charge is 0.454 e. The number of pyridine rings is 1. The Bertz CT molecular complexity index is 1310. The van der Waals surface area contributed by atoms with Gasteiger partial charge in [0.2, 0.25) is 6.79 Å². The SMILES string of the molecule is C=CCNC(=O)COC(=O)c1c2c(nc3ccccc13)/C(=C\c1ccc3c(c1)OCO3)CC2. The Morgan fingerprint density at radius 2 is 1.97 bits per heavy atom. The quantitative estimate of drug-likeness (QED) is 0.460. The number of amides is 1. The van der Waals surface area contributed by atoms with Crippen LogP contribution in [-0.2, 0) is 16.0 Å². The standard InChI is InChI=1S/C26H22N2O5/c1-2-11-27-23(29)14-31-26(30)24-18-5-3-4-6-20(18)28-25-17(8-9-19(24)25)12-16-7-10-21-22(13-16)33-15-32-21/h2-7,10,12-13H,1,8-9,11,14-15H2,(H,27,29)/b17-12-. The molecular formula is C26H22N2O5. The van der Waals surface area contributed by atoms with Crippen molar-refractivity contribution in [2.24, 2.45) is 0 Å². The van der Waals surface area contributed by atoms with E-state index in [0.717, 1.165) is 40.0 Å². The molecular weight excluding hydrogens is 420 g/mol. The number of benzene rings is 2. The van der Waals surface area contributed by atoms with Crippen LogP contribution in [0.3, 0.4) is 0 Å².